The van der Waals surface area contributed by atoms with Gasteiger partial charge in [-0.1, -0.05) is 48.5 Å². The molecule has 1 heterocycles. The zero-order chi connectivity index (χ0) is 16.3. The molecule has 3 aromatic rings. The SMILES string of the molecule is CN(CCc1c[nH]c2ccccc12)S(=O)(=O)Cc1ccccc1. The van der Waals surface area contributed by atoms with E-state index in [0.29, 0.717) is 13.0 Å². The van der Waals surface area contributed by atoms with E-state index in [2.05, 4.69) is 11.1 Å². The van der Waals surface area contributed by atoms with Crippen LogP contribution in [-0.4, -0.2) is 31.3 Å². The van der Waals surface area contributed by atoms with Crippen molar-refractivity contribution in [1.82, 2.24) is 9.29 Å². The minimum atomic E-state index is -3.30. The van der Waals surface area contributed by atoms with Crippen LogP contribution in [0.3, 0.4) is 0 Å². The lowest BCUT2D eigenvalue weighted by Crippen LogP contribution is -2.30. The zero-order valence-electron chi connectivity index (χ0n) is 13.1. The van der Waals surface area contributed by atoms with Gasteiger partial charge in [-0.3, -0.25) is 0 Å². The van der Waals surface area contributed by atoms with Crippen molar-refractivity contribution >= 4 is 20.9 Å². The highest BCUT2D eigenvalue weighted by Crippen LogP contribution is 2.19. The predicted octanol–water partition coefficient (Wildman–Crippen LogP) is 3.17. The van der Waals surface area contributed by atoms with Crippen molar-refractivity contribution in [2.45, 2.75) is 12.2 Å². The van der Waals surface area contributed by atoms with Crippen LogP contribution in [0, 0.1) is 0 Å². The summed E-state index contributed by atoms with van der Waals surface area (Å²) in [6.45, 7) is 0.469. The molecule has 0 fully saturated rings. The molecule has 3 rings (SSSR count). The number of aromatic nitrogens is 1. The largest absolute Gasteiger partial charge is 0.361 e. The van der Waals surface area contributed by atoms with Crippen LogP contribution >= 0.6 is 0 Å². The molecule has 0 bridgehead atoms. The summed E-state index contributed by atoms with van der Waals surface area (Å²) >= 11 is 0. The first-order chi connectivity index (χ1) is 11.1. The van der Waals surface area contributed by atoms with Crippen molar-refractivity contribution < 1.29 is 8.42 Å². The number of fused-ring (bicyclic) bond motifs is 1. The van der Waals surface area contributed by atoms with Gasteiger partial charge in [0.25, 0.3) is 0 Å². The van der Waals surface area contributed by atoms with Crippen LogP contribution in [0.15, 0.2) is 60.8 Å². The smallest absolute Gasteiger partial charge is 0.218 e. The summed E-state index contributed by atoms with van der Waals surface area (Å²) in [5, 5.41) is 1.15. The van der Waals surface area contributed by atoms with E-state index in [9.17, 15) is 8.42 Å². The quantitative estimate of drug-likeness (QED) is 0.755. The normalized spacial score (nSPS) is 12.1. The molecule has 0 spiro atoms. The Morgan fingerprint density at radius 2 is 1.70 bits per heavy atom. The molecule has 1 aromatic heterocycles. The van der Waals surface area contributed by atoms with Crippen LogP contribution in [0.25, 0.3) is 10.9 Å². The fraction of sp³-hybridized carbons (Fsp3) is 0.222. The van der Waals surface area contributed by atoms with Gasteiger partial charge in [-0.25, -0.2) is 12.7 Å². The fourth-order valence-corrected chi connectivity index (χ4v) is 3.85. The Labute approximate surface area is 136 Å². The Hall–Kier alpha value is -2.11. The first-order valence-corrected chi connectivity index (χ1v) is 9.20. The second kappa shape index (κ2) is 6.56. The fourth-order valence-electron chi connectivity index (χ4n) is 2.65. The Morgan fingerprint density at radius 1 is 1.00 bits per heavy atom. The molecule has 0 saturated heterocycles. The third-order valence-corrected chi connectivity index (χ3v) is 5.87. The van der Waals surface area contributed by atoms with Gasteiger partial charge in [-0.05, 0) is 23.6 Å². The molecule has 1 N–H and O–H groups in total. The molecule has 2 aromatic carbocycles. The first-order valence-electron chi connectivity index (χ1n) is 7.59. The minimum absolute atomic E-state index is 0.0399. The van der Waals surface area contributed by atoms with Crippen molar-refractivity contribution in [3.63, 3.8) is 0 Å². The molecular weight excluding hydrogens is 308 g/mol. The molecule has 0 amide bonds. The van der Waals surface area contributed by atoms with Crippen LogP contribution in [0.1, 0.15) is 11.1 Å². The summed E-state index contributed by atoms with van der Waals surface area (Å²) in [6, 6.07) is 17.3. The van der Waals surface area contributed by atoms with E-state index >= 15 is 0 Å². The van der Waals surface area contributed by atoms with E-state index in [-0.39, 0.29) is 5.75 Å². The summed E-state index contributed by atoms with van der Waals surface area (Å²) in [5.74, 6) is 0.0399. The van der Waals surface area contributed by atoms with E-state index in [1.54, 1.807) is 7.05 Å². The van der Waals surface area contributed by atoms with Crippen molar-refractivity contribution in [2.75, 3.05) is 13.6 Å². The van der Waals surface area contributed by atoms with Crippen LogP contribution in [-0.2, 0) is 22.2 Å². The number of rotatable bonds is 6. The molecule has 5 heteroatoms. The molecule has 0 aliphatic carbocycles. The standard InChI is InChI=1S/C18H20N2O2S/c1-20(23(21,22)14-15-7-3-2-4-8-15)12-11-16-13-19-18-10-6-5-9-17(16)18/h2-10,13,19H,11-12,14H2,1H3. The molecule has 120 valence electrons. The average Bonchev–Trinajstić information content (AvgIpc) is 2.96. The number of H-pyrrole nitrogens is 1. The van der Waals surface area contributed by atoms with Gasteiger partial charge in [0, 0.05) is 30.7 Å². The maximum Gasteiger partial charge on any atom is 0.218 e. The number of hydrogen-bond acceptors (Lipinski definition) is 2. The number of sulfonamides is 1. The third kappa shape index (κ3) is 3.63. The Morgan fingerprint density at radius 3 is 2.48 bits per heavy atom. The molecule has 0 atom stereocenters. The molecular formula is C18H20N2O2S. The van der Waals surface area contributed by atoms with Crippen molar-refractivity contribution in [3.05, 3.63) is 71.9 Å². The number of benzene rings is 2. The van der Waals surface area contributed by atoms with Gasteiger partial charge >= 0.3 is 0 Å². The van der Waals surface area contributed by atoms with Crippen LogP contribution < -0.4 is 0 Å². The maximum absolute atomic E-state index is 12.4. The van der Waals surface area contributed by atoms with Crippen molar-refractivity contribution in [3.8, 4) is 0 Å². The molecule has 0 aliphatic rings. The monoisotopic (exact) mass is 328 g/mol. The number of likely N-dealkylation sites (N-methyl/N-ethyl adjacent to an activating group) is 1. The lowest BCUT2D eigenvalue weighted by Gasteiger charge is -2.17. The van der Waals surface area contributed by atoms with Gasteiger partial charge in [0.05, 0.1) is 5.75 Å². The number of aromatic amines is 1. The van der Waals surface area contributed by atoms with Gasteiger partial charge in [-0.15, -0.1) is 0 Å². The molecule has 0 unspecified atom stereocenters. The van der Waals surface area contributed by atoms with E-state index in [0.717, 1.165) is 22.0 Å². The van der Waals surface area contributed by atoms with Crippen LogP contribution in [0.2, 0.25) is 0 Å². The number of nitrogens with zero attached hydrogens (tertiary/aromatic N) is 1. The summed E-state index contributed by atoms with van der Waals surface area (Å²) in [5.41, 5.74) is 3.03. The Bertz CT molecular complexity index is 886. The van der Waals surface area contributed by atoms with Gasteiger partial charge in [0.2, 0.25) is 10.0 Å². The zero-order valence-corrected chi connectivity index (χ0v) is 13.9. The van der Waals surface area contributed by atoms with Crippen LogP contribution in [0.5, 0.6) is 0 Å². The Kier molecular flexibility index (Phi) is 4.50. The highest BCUT2D eigenvalue weighted by molar-refractivity contribution is 7.88. The average molecular weight is 328 g/mol. The predicted molar refractivity (Wildman–Crippen MR) is 93.7 cm³/mol. The van der Waals surface area contributed by atoms with Crippen molar-refractivity contribution in [2.24, 2.45) is 0 Å². The van der Waals surface area contributed by atoms with Gasteiger partial charge < -0.3 is 4.98 Å². The van der Waals surface area contributed by atoms with Gasteiger partial charge in [0.1, 0.15) is 0 Å². The molecule has 4 nitrogen and oxygen atoms in total. The summed E-state index contributed by atoms with van der Waals surface area (Å²) < 4.78 is 26.3. The first kappa shape index (κ1) is 15.8. The van der Waals surface area contributed by atoms with E-state index in [1.165, 1.54) is 4.31 Å². The van der Waals surface area contributed by atoms with E-state index in [1.807, 2.05) is 54.7 Å². The van der Waals surface area contributed by atoms with Gasteiger partial charge in [0.15, 0.2) is 0 Å². The summed E-state index contributed by atoms with van der Waals surface area (Å²) in [4.78, 5) is 3.22. The maximum atomic E-state index is 12.4. The lowest BCUT2D eigenvalue weighted by molar-refractivity contribution is 0.472. The highest BCUT2D eigenvalue weighted by atomic mass is 32.2. The van der Waals surface area contributed by atoms with Crippen molar-refractivity contribution in [1.29, 1.82) is 0 Å². The molecule has 0 radical (unpaired) electrons. The lowest BCUT2D eigenvalue weighted by atomic mass is 10.1. The number of para-hydroxylation sites is 1. The second-order valence-corrected chi connectivity index (χ2v) is 7.75. The number of nitrogens with one attached hydrogen (secondary N) is 1. The van der Waals surface area contributed by atoms with Crippen LogP contribution in [0.4, 0.5) is 0 Å². The minimum Gasteiger partial charge on any atom is -0.361 e. The number of hydrogen-bond donors (Lipinski definition) is 1. The molecule has 0 saturated carbocycles. The van der Waals surface area contributed by atoms with E-state index in [4.69, 9.17) is 0 Å². The molecule has 0 aliphatic heterocycles. The highest BCUT2D eigenvalue weighted by Gasteiger charge is 2.18. The summed E-state index contributed by atoms with van der Waals surface area (Å²) in [6.07, 6.45) is 2.65. The molecule has 23 heavy (non-hydrogen) atoms. The second-order valence-electron chi connectivity index (χ2n) is 5.67. The summed E-state index contributed by atoms with van der Waals surface area (Å²) in [7, 11) is -1.65. The Balaban J connectivity index is 1.68. The van der Waals surface area contributed by atoms with E-state index < -0.39 is 10.0 Å². The third-order valence-electron chi connectivity index (χ3n) is 4.04. The van der Waals surface area contributed by atoms with Gasteiger partial charge in [-0.2, -0.15) is 0 Å². The topological polar surface area (TPSA) is 53.2 Å².